The fourth-order valence-corrected chi connectivity index (χ4v) is 8.08. The summed E-state index contributed by atoms with van der Waals surface area (Å²) in [7, 11) is 1.60. The number of ketones is 3. The average Bonchev–Trinajstić information content (AvgIpc) is 3.56. The van der Waals surface area contributed by atoms with E-state index < -0.39 is 22.7 Å². The van der Waals surface area contributed by atoms with Gasteiger partial charge in [0.25, 0.3) is 0 Å². The quantitative estimate of drug-likeness (QED) is 0.243. The molecule has 1 spiro atoms. The van der Waals surface area contributed by atoms with Crippen molar-refractivity contribution in [2.24, 2.45) is 5.41 Å². The van der Waals surface area contributed by atoms with Crippen LogP contribution in [0.3, 0.4) is 0 Å². The van der Waals surface area contributed by atoms with E-state index in [2.05, 4.69) is 0 Å². The first-order valence-electron chi connectivity index (χ1n) is 12.5. The Balaban J connectivity index is 1.52. The van der Waals surface area contributed by atoms with E-state index >= 15 is 0 Å². The maximum atomic E-state index is 14.5. The van der Waals surface area contributed by atoms with E-state index in [9.17, 15) is 14.4 Å². The molecule has 5 nitrogen and oxygen atoms in total. The first-order chi connectivity index (χ1) is 18.6. The maximum Gasteiger partial charge on any atom is 0.185 e. The molecule has 3 atom stereocenters. The second-order valence-corrected chi connectivity index (χ2v) is 11.0. The zero-order valence-corrected chi connectivity index (χ0v) is 21.4. The number of carbonyl (C=O) groups is 3. The molecule has 0 aromatic heterocycles. The summed E-state index contributed by atoms with van der Waals surface area (Å²) in [5.41, 5.74) is 1.60. The van der Waals surface area contributed by atoms with Crippen LogP contribution in [0.15, 0.2) is 108 Å². The van der Waals surface area contributed by atoms with E-state index in [1.807, 2.05) is 71.6 Å². The number of thioether (sulfide) groups is 1. The van der Waals surface area contributed by atoms with Gasteiger partial charge in [0.1, 0.15) is 22.6 Å². The highest BCUT2D eigenvalue weighted by Gasteiger charge is 2.73. The second-order valence-electron chi connectivity index (χ2n) is 9.84. The summed E-state index contributed by atoms with van der Waals surface area (Å²) in [6.07, 6.45) is 0. The largest absolute Gasteiger partial charge is 0.497 e. The normalized spacial score (nSPS) is 22.3. The van der Waals surface area contributed by atoms with Crippen LogP contribution in [-0.4, -0.2) is 35.9 Å². The monoisotopic (exact) mass is 517 g/mol. The molecule has 2 aliphatic heterocycles. The van der Waals surface area contributed by atoms with Crippen LogP contribution in [0.1, 0.15) is 42.6 Å². The first-order valence-corrected chi connectivity index (χ1v) is 13.4. The van der Waals surface area contributed by atoms with Crippen LogP contribution in [0.25, 0.3) is 0 Å². The Morgan fingerprint density at radius 3 is 2.05 bits per heavy atom. The summed E-state index contributed by atoms with van der Waals surface area (Å²) in [5, 5.41) is -0.558. The van der Waals surface area contributed by atoms with Crippen molar-refractivity contribution < 1.29 is 19.1 Å². The van der Waals surface area contributed by atoms with Gasteiger partial charge in [-0.2, -0.15) is 0 Å². The minimum atomic E-state index is -1.46. The third-order valence-electron chi connectivity index (χ3n) is 8.10. The molecule has 3 aliphatic rings. The van der Waals surface area contributed by atoms with Crippen molar-refractivity contribution in [2.45, 2.75) is 22.2 Å². The highest BCUT2D eigenvalue weighted by Crippen LogP contribution is 2.66. The van der Waals surface area contributed by atoms with E-state index in [-0.39, 0.29) is 17.3 Å². The van der Waals surface area contributed by atoms with Gasteiger partial charge in [-0.05, 0) is 29.8 Å². The molecule has 2 heterocycles. The third kappa shape index (κ3) is 2.92. The smallest absolute Gasteiger partial charge is 0.185 e. The third-order valence-corrected chi connectivity index (χ3v) is 9.52. The number of nitrogens with zero attached hydrogens (tertiary/aromatic N) is 1. The molecule has 1 fully saturated rings. The molecule has 0 bridgehead atoms. The van der Waals surface area contributed by atoms with Gasteiger partial charge in [-0.25, -0.2) is 0 Å². The number of hydrogen-bond donors (Lipinski definition) is 0. The van der Waals surface area contributed by atoms with Crippen molar-refractivity contribution in [3.63, 3.8) is 0 Å². The summed E-state index contributed by atoms with van der Waals surface area (Å²) in [5.74, 6) is -0.559. The number of hydrogen-bond acceptors (Lipinski definition) is 6. The highest BCUT2D eigenvalue weighted by atomic mass is 32.2. The van der Waals surface area contributed by atoms with E-state index in [1.165, 1.54) is 11.8 Å². The molecule has 1 saturated heterocycles. The number of anilines is 1. The minimum Gasteiger partial charge on any atom is -0.497 e. The fraction of sp³-hybridized carbons (Fsp3) is 0.156. The van der Waals surface area contributed by atoms with Gasteiger partial charge in [0.2, 0.25) is 0 Å². The molecule has 4 aromatic carbocycles. The molecular weight excluding hydrogens is 494 g/mol. The Morgan fingerprint density at radius 2 is 1.39 bits per heavy atom. The number of ether oxygens (including phenoxy) is 1. The molecule has 0 unspecified atom stereocenters. The van der Waals surface area contributed by atoms with Gasteiger partial charge in [-0.1, -0.05) is 90.6 Å². The van der Waals surface area contributed by atoms with Crippen LogP contribution in [0.2, 0.25) is 0 Å². The van der Waals surface area contributed by atoms with Gasteiger partial charge in [0, 0.05) is 27.5 Å². The summed E-state index contributed by atoms with van der Waals surface area (Å²) >= 11 is 1.51. The van der Waals surface area contributed by atoms with E-state index in [4.69, 9.17) is 4.74 Å². The van der Waals surface area contributed by atoms with Crippen LogP contribution < -0.4 is 9.64 Å². The Hall–Kier alpha value is -4.16. The lowest BCUT2D eigenvalue weighted by atomic mass is 9.67. The molecule has 0 N–H and O–H groups in total. The summed E-state index contributed by atoms with van der Waals surface area (Å²) in [6.45, 7) is 0. The summed E-state index contributed by atoms with van der Waals surface area (Å²) in [4.78, 5) is 46.5. The lowest BCUT2D eigenvalue weighted by Crippen LogP contribution is -2.45. The summed E-state index contributed by atoms with van der Waals surface area (Å²) < 4.78 is 5.39. The van der Waals surface area contributed by atoms with Gasteiger partial charge in [0.15, 0.2) is 17.3 Å². The molecule has 38 heavy (non-hydrogen) atoms. The Labute approximate surface area is 224 Å². The van der Waals surface area contributed by atoms with Crippen molar-refractivity contribution in [2.75, 3.05) is 12.0 Å². The number of Topliss-reactive ketones (excluding diaryl/α,β-unsaturated/α-hetero) is 3. The Kier molecular flexibility index (Phi) is 5.10. The van der Waals surface area contributed by atoms with Crippen molar-refractivity contribution in [1.29, 1.82) is 0 Å². The van der Waals surface area contributed by atoms with Crippen molar-refractivity contribution in [3.05, 3.63) is 125 Å². The van der Waals surface area contributed by atoms with E-state index in [1.54, 1.807) is 43.5 Å². The van der Waals surface area contributed by atoms with Crippen LogP contribution in [0, 0.1) is 5.41 Å². The molecule has 0 amide bonds. The van der Waals surface area contributed by atoms with E-state index in [0.717, 1.165) is 16.1 Å². The fourth-order valence-electron chi connectivity index (χ4n) is 6.49. The Bertz CT molecular complexity index is 1580. The number of methoxy groups -OCH3 is 1. The molecule has 0 saturated carbocycles. The van der Waals surface area contributed by atoms with Gasteiger partial charge >= 0.3 is 0 Å². The van der Waals surface area contributed by atoms with E-state index in [0.29, 0.717) is 22.4 Å². The number of carbonyl (C=O) groups excluding carboxylic acids is 3. The zero-order chi connectivity index (χ0) is 26.0. The standard InChI is InChI=1S/C32H23NO4S/c1-37-21-17-15-19(16-18-21)26-27(28(34)20-9-3-2-4-10-20)33-24-13-7-8-14-25(24)38-31(33)32(26)29(35)22-11-5-6-12-23(22)30(32)36/h2-18,26-27,31H,1H3/t26-,27+,31+/m0/s1. The van der Waals surface area contributed by atoms with Gasteiger partial charge in [0.05, 0.1) is 12.8 Å². The number of para-hydroxylation sites is 1. The first kappa shape index (κ1) is 23.0. The van der Waals surface area contributed by atoms with Crippen molar-refractivity contribution in [1.82, 2.24) is 0 Å². The molecule has 0 radical (unpaired) electrons. The number of rotatable bonds is 4. The molecule has 6 heteroatoms. The topological polar surface area (TPSA) is 63.7 Å². The SMILES string of the molecule is COc1ccc([C@H]2[C@H](C(=O)c3ccccc3)N3c4ccccc4S[C@@H]3C23C(=O)c2ccccc2C3=O)cc1. The van der Waals surface area contributed by atoms with Crippen molar-refractivity contribution >= 4 is 34.8 Å². The van der Waals surface area contributed by atoms with Crippen LogP contribution >= 0.6 is 11.8 Å². The number of benzene rings is 4. The molecule has 7 rings (SSSR count). The molecule has 4 aromatic rings. The lowest BCUT2D eigenvalue weighted by molar-refractivity contribution is 0.0680. The zero-order valence-electron chi connectivity index (χ0n) is 20.5. The predicted octanol–water partition coefficient (Wildman–Crippen LogP) is 6.05. The van der Waals surface area contributed by atoms with Gasteiger partial charge in [-0.15, -0.1) is 0 Å². The molecular formula is C32H23NO4S. The predicted molar refractivity (Wildman–Crippen MR) is 146 cm³/mol. The number of fused-ring (bicyclic) bond motifs is 5. The molecule has 186 valence electrons. The molecule has 1 aliphatic carbocycles. The van der Waals surface area contributed by atoms with Gasteiger partial charge < -0.3 is 9.64 Å². The lowest BCUT2D eigenvalue weighted by Gasteiger charge is -2.32. The maximum absolute atomic E-state index is 14.5. The van der Waals surface area contributed by atoms with Crippen LogP contribution in [-0.2, 0) is 0 Å². The minimum absolute atomic E-state index is 0.109. The van der Waals surface area contributed by atoms with Crippen LogP contribution in [0.4, 0.5) is 5.69 Å². The van der Waals surface area contributed by atoms with Gasteiger partial charge in [-0.3, -0.25) is 14.4 Å². The summed E-state index contributed by atoms with van der Waals surface area (Å²) in [6, 6.07) is 30.7. The second kappa shape index (κ2) is 8.43. The Morgan fingerprint density at radius 1 is 0.789 bits per heavy atom. The average molecular weight is 518 g/mol. The van der Waals surface area contributed by atoms with Crippen molar-refractivity contribution in [3.8, 4) is 5.75 Å². The van der Waals surface area contributed by atoms with Crippen LogP contribution in [0.5, 0.6) is 5.75 Å². The highest BCUT2D eigenvalue weighted by molar-refractivity contribution is 8.00.